The van der Waals surface area contributed by atoms with Gasteiger partial charge in [0, 0.05) is 6.42 Å². The number of hydrogen-bond acceptors (Lipinski definition) is 5. The zero-order valence-corrected chi connectivity index (χ0v) is 10.7. The monoisotopic (exact) mass is 300 g/mol. The van der Waals surface area contributed by atoms with E-state index in [4.69, 9.17) is 5.84 Å². The minimum atomic E-state index is -5.68. The molecular formula is C10H13F5N4O. The van der Waals surface area contributed by atoms with Crippen LogP contribution in [0.4, 0.5) is 27.8 Å². The van der Waals surface area contributed by atoms with Crippen molar-refractivity contribution in [2.75, 3.05) is 12.0 Å². The van der Waals surface area contributed by atoms with Gasteiger partial charge in [0.1, 0.15) is 11.6 Å². The van der Waals surface area contributed by atoms with Gasteiger partial charge in [-0.15, -0.1) is 0 Å². The quantitative estimate of drug-likeness (QED) is 0.495. The molecule has 0 saturated carbocycles. The number of nitrogens with two attached hydrogens (primary N) is 1. The highest BCUT2D eigenvalue weighted by molar-refractivity contribution is 5.47. The Morgan fingerprint density at radius 3 is 2.25 bits per heavy atom. The SMILES string of the molecule is CCc1nc(NN)c(C)c(OCC(F)(F)C(F)(F)F)n1. The first-order valence-electron chi connectivity index (χ1n) is 5.54. The molecule has 0 radical (unpaired) electrons. The largest absolute Gasteiger partial charge is 0.471 e. The molecule has 0 aliphatic heterocycles. The van der Waals surface area contributed by atoms with Gasteiger partial charge in [-0.2, -0.15) is 26.9 Å². The van der Waals surface area contributed by atoms with E-state index in [0.717, 1.165) is 0 Å². The summed E-state index contributed by atoms with van der Waals surface area (Å²) in [4.78, 5) is 7.68. The summed E-state index contributed by atoms with van der Waals surface area (Å²) in [5, 5.41) is 0. The van der Waals surface area contributed by atoms with Crippen LogP contribution in [0.1, 0.15) is 18.3 Å². The van der Waals surface area contributed by atoms with E-state index in [1.165, 1.54) is 6.92 Å². The molecule has 10 heteroatoms. The van der Waals surface area contributed by atoms with Crippen LogP contribution in [0.25, 0.3) is 0 Å². The van der Waals surface area contributed by atoms with Crippen LogP contribution < -0.4 is 16.0 Å². The Labute approximate surface area is 111 Å². The standard InChI is InChI=1S/C10H13F5N4O/c1-3-6-17-7(19-16)5(2)8(18-6)20-4-9(11,12)10(13,14)15/h3-4,16H2,1-2H3,(H,17,18,19). The van der Waals surface area contributed by atoms with E-state index in [1.807, 2.05) is 0 Å². The Morgan fingerprint density at radius 1 is 1.20 bits per heavy atom. The fourth-order valence-corrected chi connectivity index (χ4v) is 1.22. The lowest BCUT2D eigenvalue weighted by Gasteiger charge is -2.20. The van der Waals surface area contributed by atoms with Crippen LogP contribution in [0, 0.1) is 6.92 Å². The minimum Gasteiger partial charge on any atom is -0.471 e. The van der Waals surface area contributed by atoms with Gasteiger partial charge in [0.15, 0.2) is 6.61 Å². The molecule has 1 heterocycles. The number of hydrogen-bond donors (Lipinski definition) is 2. The molecule has 0 aliphatic rings. The van der Waals surface area contributed by atoms with Gasteiger partial charge in [0.05, 0.1) is 5.56 Å². The molecule has 0 amide bonds. The molecule has 1 aromatic rings. The molecule has 0 atom stereocenters. The molecule has 0 bridgehead atoms. The lowest BCUT2D eigenvalue weighted by Crippen LogP contribution is -2.42. The molecule has 0 unspecified atom stereocenters. The number of aryl methyl sites for hydroxylation is 1. The molecule has 0 aliphatic carbocycles. The van der Waals surface area contributed by atoms with Crippen molar-refractivity contribution in [1.29, 1.82) is 0 Å². The number of rotatable bonds is 5. The fraction of sp³-hybridized carbons (Fsp3) is 0.600. The van der Waals surface area contributed by atoms with Crippen molar-refractivity contribution in [2.24, 2.45) is 5.84 Å². The Hall–Kier alpha value is -1.71. The van der Waals surface area contributed by atoms with Gasteiger partial charge in [-0.1, -0.05) is 6.92 Å². The highest BCUT2D eigenvalue weighted by atomic mass is 19.4. The number of hydrazine groups is 1. The second-order valence-corrected chi connectivity index (χ2v) is 3.91. The summed E-state index contributed by atoms with van der Waals surface area (Å²) in [6.45, 7) is 1.20. The van der Waals surface area contributed by atoms with Crippen LogP contribution in [0.2, 0.25) is 0 Å². The number of nitrogens with one attached hydrogen (secondary N) is 1. The molecule has 0 aromatic carbocycles. The number of aromatic nitrogens is 2. The van der Waals surface area contributed by atoms with Gasteiger partial charge < -0.3 is 10.2 Å². The third kappa shape index (κ3) is 3.44. The summed E-state index contributed by atoms with van der Waals surface area (Å²) in [7, 11) is 0. The van der Waals surface area contributed by atoms with Gasteiger partial charge in [-0.25, -0.2) is 10.8 Å². The number of alkyl halides is 5. The third-order valence-corrected chi connectivity index (χ3v) is 2.41. The summed E-state index contributed by atoms with van der Waals surface area (Å²) in [5.74, 6) is 0.140. The Bertz CT molecular complexity index is 477. The lowest BCUT2D eigenvalue weighted by molar-refractivity contribution is -0.290. The minimum absolute atomic E-state index is 0.0992. The predicted molar refractivity (Wildman–Crippen MR) is 60.5 cm³/mol. The van der Waals surface area contributed by atoms with Crippen molar-refractivity contribution < 1.29 is 26.7 Å². The molecule has 1 aromatic heterocycles. The van der Waals surface area contributed by atoms with Crippen molar-refractivity contribution in [2.45, 2.75) is 32.4 Å². The number of nitrogens with zero attached hydrogens (tertiary/aromatic N) is 2. The zero-order valence-electron chi connectivity index (χ0n) is 10.7. The van der Waals surface area contributed by atoms with E-state index in [9.17, 15) is 22.0 Å². The molecule has 3 N–H and O–H groups in total. The molecule has 114 valence electrons. The van der Waals surface area contributed by atoms with Crippen molar-refractivity contribution in [3.05, 3.63) is 11.4 Å². The smallest absolute Gasteiger partial charge is 0.456 e. The van der Waals surface area contributed by atoms with Crippen molar-refractivity contribution >= 4 is 5.82 Å². The average molecular weight is 300 g/mol. The first-order chi connectivity index (χ1) is 9.12. The van der Waals surface area contributed by atoms with Crippen LogP contribution in [0.15, 0.2) is 0 Å². The van der Waals surface area contributed by atoms with E-state index in [0.29, 0.717) is 6.42 Å². The summed E-state index contributed by atoms with van der Waals surface area (Å²) in [6, 6.07) is 0. The molecule has 0 fully saturated rings. The molecule has 0 spiro atoms. The number of halogens is 5. The van der Waals surface area contributed by atoms with Crippen LogP contribution in [-0.2, 0) is 6.42 Å². The van der Waals surface area contributed by atoms with Crippen molar-refractivity contribution in [3.8, 4) is 5.88 Å². The van der Waals surface area contributed by atoms with Gasteiger partial charge in [-0.05, 0) is 6.92 Å². The van der Waals surface area contributed by atoms with E-state index in [2.05, 4.69) is 20.1 Å². The maximum atomic E-state index is 12.8. The second-order valence-electron chi connectivity index (χ2n) is 3.91. The Morgan fingerprint density at radius 2 is 1.80 bits per heavy atom. The molecule has 0 saturated heterocycles. The van der Waals surface area contributed by atoms with Gasteiger partial charge in [-0.3, -0.25) is 0 Å². The third-order valence-electron chi connectivity index (χ3n) is 2.41. The summed E-state index contributed by atoms with van der Waals surface area (Å²) < 4.78 is 66.2. The van der Waals surface area contributed by atoms with Gasteiger partial charge >= 0.3 is 12.1 Å². The highest BCUT2D eigenvalue weighted by Crippen LogP contribution is 2.36. The van der Waals surface area contributed by atoms with Gasteiger partial charge in [0.2, 0.25) is 5.88 Å². The Kier molecular flexibility index (Phi) is 4.69. The lowest BCUT2D eigenvalue weighted by atomic mass is 10.3. The number of ether oxygens (including phenoxy) is 1. The highest BCUT2D eigenvalue weighted by Gasteiger charge is 2.58. The van der Waals surface area contributed by atoms with E-state index >= 15 is 0 Å². The van der Waals surface area contributed by atoms with Crippen LogP contribution >= 0.6 is 0 Å². The fourth-order valence-electron chi connectivity index (χ4n) is 1.22. The zero-order chi connectivity index (χ0) is 15.6. The molecule has 20 heavy (non-hydrogen) atoms. The van der Waals surface area contributed by atoms with Crippen LogP contribution in [0.5, 0.6) is 5.88 Å². The van der Waals surface area contributed by atoms with E-state index in [-0.39, 0.29) is 23.1 Å². The second kappa shape index (κ2) is 5.73. The normalized spacial score (nSPS) is 12.4. The number of anilines is 1. The van der Waals surface area contributed by atoms with Gasteiger partial charge in [0.25, 0.3) is 0 Å². The predicted octanol–water partition coefficient (Wildman–Crippen LogP) is 2.21. The summed E-state index contributed by atoms with van der Waals surface area (Å²) in [6.07, 6.45) is -5.35. The molecule has 5 nitrogen and oxygen atoms in total. The van der Waals surface area contributed by atoms with Crippen LogP contribution in [-0.4, -0.2) is 28.7 Å². The summed E-state index contributed by atoms with van der Waals surface area (Å²) >= 11 is 0. The Balaban J connectivity index is 2.98. The topological polar surface area (TPSA) is 73.1 Å². The maximum absolute atomic E-state index is 12.8. The molecule has 1 rings (SSSR count). The van der Waals surface area contributed by atoms with Crippen molar-refractivity contribution in [1.82, 2.24) is 9.97 Å². The first-order valence-corrected chi connectivity index (χ1v) is 5.54. The van der Waals surface area contributed by atoms with Crippen molar-refractivity contribution in [3.63, 3.8) is 0 Å². The van der Waals surface area contributed by atoms with Crippen LogP contribution in [0.3, 0.4) is 0 Å². The molecular weight excluding hydrogens is 287 g/mol. The first kappa shape index (κ1) is 16.3. The van der Waals surface area contributed by atoms with E-state index < -0.39 is 18.7 Å². The summed E-state index contributed by atoms with van der Waals surface area (Å²) in [5.41, 5.74) is 2.34. The van der Waals surface area contributed by atoms with E-state index in [1.54, 1.807) is 6.92 Å². The maximum Gasteiger partial charge on any atom is 0.456 e. The average Bonchev–Trinajstić information content (AvgIpc) is 2.36. The number of nitrogen functional groups attached to an aromatic ring is 1.